The zero-order chi connectivity index (χ0) is 25.3. The Morgan fingerprint density at radius 2 is 1.89 bits per heavy atom. The maximum absolute atomic E-state index is 12.8. The average molecular weight is 495 g/mol. The van der Waals surface area contributed by atoms with E-state index in [1.807, 2.05) is 36.5 Å². The van der Waals surface area contributed by atoms with Crippen molar-refractivity contribution in [3.8, 4) is 5.75 Å². The van der Waals surface area contributed by atoms with Gasteiger partial charge in [-0.05, 0) is 42.8 Å². The molecule has 9 nitrogen and oxygen atoms in total. The molecule has 2 aliphatic heterocycles. The normalized spacial score (nSPS) is 17.9. The molecule has 1 unspecified atom stereocenters. The molecule has 0 spiro atoms. The van der Waals surface area contributed by atoms with Gasteiger partial charge in [-0.1, -0.05) is 18.2 Å². The second kappa shape index (κ2) is 12.5. The summed E-state index contributed by atoms with van der Waals surface area (Å²) in [6.45, 7) is 4.93. The van der Waals surface area contributed by atoms with Gasteiger partial charge in [0.2, 0.25) is 0 Å². The van der Waals surface area contributed by atoms with Gasteiger partial charge in [-0.2, -0.15) is 5.10 Å². The van der Waals surface area contributed by atoms with Crippen LogP contribution >= 0.6 is 0 Å². The van der Waals surface area contributed by atoms with Crippen LogP contribution in [0.1, 0.15) is 27.9 Å². The second-order valence-corrected chi connectivity index (χ2v) is 9.20. The van der Waals surface area contributed by atoms with Gasteiger partial charge in [-0.25, -0.2) is 0 Å². The molecular weight excluding hydrogens is 460 g/mol. The number of piperazine rings is 1. The number of anilines is 1. The third-order valence-corrected chi connectivity index (χ3v) is 6.34. The molecule has 2 heterocycles. The highest BCUT2D eigenvalue weighted by Gasteiger charge is 2.23. The first-order chi connectivity index (χ1) is 17.5. The molecule has 1 fully saturated rings. The Labute approximate surface area is 212 Å². The van der Waals surface area contributed by atoms with Crippen molar-refractivity contribution in [2.75, 3.05) is 65.5 Å². The number of esters is 1. The summed E-state index contributed by atoms with van der Waals surface area (Å²) in [5.74, 6) is 0.355. The predicted octanol–water partition coefficient (Wildman–Crippen LogP) is 2.65. The van der Waals surface area contributed by atoms with Crippen molar-refractivity contribution in [3.63, 3.8) is 0 Å². The number of hydrogen-bond acceptors (Lipinski definition) is 8. The number of nitrogens with zero attached hydrogens (tertiary/aromatic N) is 3. The third-order valence-electron chi connectivity index (χ3n) is 6.34. The molecule has 1 saturated heterocycles. The number of nitrogens with one attached hydrogen (secondary N) is 1. The van der Waals surface area contributed by atoms with Crippen LogP contribution in [-0.4, -0.2) is 88.2 Å². The fourth-order valence-electron chi connectivity index (χ4n) is 4.16. The third kappa shape index (κ3) is 7.29. The Balaban J connectivity index is 1.28. The summed E-state index contributed by atoms with van der Waals surface area (Å²) < 4.78 is 15.9. The first-order valence-corrected chi connectivity index (χ1v) is 12.3. The Morgan fingerprint density at radius 3 is 2.64 bits per heavy atom. The van der Waals surface area contributed by atoms with Crippen molar-refractivity contribution < 1.29 is 23.8 Å². The Kier molecular flexibility index (Phi) is 8.91. The van der Waals surface area contributed by atoms with Crippen molar-refractivity contribution in [2.45, 2.75) is 12.8 Å². The van der Waals surface area contributed by atoms with Gasteiger partial charge in [0.15, 0.2) is 0 Å². The van der Waals surface area contributed by atoms with Crippen LogP contribution in [0.2, 0.25) is 0 Å². The lowest BCUT2D eigenvalue weighted by molar-refractivity contribution is -0.146. The monoisotopic (exact) mass is 494 g/mol. The molecule has 1 N–H and O–H groups in total. The molecule has 0 aromatic heterocycles. The number of likely N-dealkylation sites (N-methyl/N-ethyl adjacent to an activating group) is 1. The van der Waals surface area contributed by atoms with E-state index in [4.69, 9.17) is 14.2 Å². The van der Waals surface area contributed by atoms with Crippen molar-refractivity contribution >= 4 is 23.8 Å². The van der Waals surface area contributed by atoms with Crippen LogP contribution in [-0.2, 0) is 20.7 Å². The van der Waals surface area contributed by atoms with Gasteiger partial charge in [0.05, 0.1) is 25.8 Å². The minimum Gasteiger partial charge on any atom is -0.493 e. The van der Waals surface area contributed by atoms with Crippen LogP contribution in [0.3, 0.4) is 0 Å². The molecular formula is C27H34N4O5. The number of fused-ring (bicyclic) bond motifs is 1. The highest BCUT2D eigenvalue weighted by atomic mass is 16.6. The molecule has 1 atom stereocenters. The Bertz CT molecular complexity index is 1060. The van der Waals surface area contributed by atoms with Crippen LogP contribution < -0.4 is 10.1 Å². The van der Waals surface area contributed by atoms with E-state index in [-0.39, 0.29) is 24.4 Å². The minimum atomic E-state index is -0.246. The van der Waals surface area contributed by atoms with Crippen LogP contribution in [0.5, 0.6) is 5.75 Å². The first-order valence-electron chi connectivity index (χ1n) is 12.3. The van der Waals surface area contributed by atoms with E-state index in [2.05, 4.69) is 27.4 Å². The van der Waals surface area contributed by atoms with E-state index in [0.29, 0.717) is 30.9 Å². The number of amides is 1. The fraction of sp³-hybridized carbons (Fsp3) is 0.444. The molecule has 0 bridgehead atoms. The maximum atomic E-state index is 12.8. The minimum absolute atomic E-state index is 0.0614. The summed E-state index contributed by atoms with van der Waals surface area (Å²) in [4.78, 5) is 27.0. The zero-order valence-electron chi connectivity index (χ0n) is 20.9. The molecule has 0 aliphatic carbocycles. The predicted molar refractivity (Wildman–Crippen MR) is 138 cm³/mol. The van der Waals surface area contributed by atoms with E-state index in [1.54, 1.807) is 19.2 Å². The highest BCUT2D eigenvalue weighted by Crippen LogP contribution is 2.31. The first kappa shape index (κ1) is 25.7. The van der Waals surface area contributed by atoms with E-state index in [1.165, 1.54) is 0 Å². The number of hydrogen-bond donors (Lipinski definition) is 1. The van der Waals surface area contributed by atoms with Gasteiger partial charge in [0.1, 0.15) is 12.4 Å². The maximum Gasteiger partial charge on any atom is 0.306 e. The zero-order valence-corrected chi connectivity index (χ0v) is 20.9. The lowest BCUT2D eigenvalue weighted by Gasteiger charge is -2.30. The summed E-state index contributed by atoms with van der Waals surface area (Å²) in [6.07, 6.45) is 2.86. The van der Waals surface area contributed by atoms with Gasteiger partial charge in [0, 0.05) is 56.5 Å². The number of benzene rings is 2. The van der Waals surface area contributed by atoms with Gasteiger partial charge in [-0.3, -0.25) is 14.6 Å². The molecule has 36 heavy (non-hydrogen) atoms. The standard InChI is InChI=1S/C27H34N4O5/c1-30-9-11-31(12-10-30)28-18-20-3-5-22(6-4-20)27(33)29-24-8-7-23-15-21(19-36-25(23)17-24)16-26(32)35-14-13-34-2/h3-8,17-18,21H,9-16,19H2,1-2H3,(H,29,33). The highest BCUT2D eigenvalue weighted by molar-refractivity contribution is 6.04. The number of methoxy groups -OCH3 is 1. The number of carbonyl (C=O) groups is 2. The van der Waals surface area contributed by atoms with Gasteiger partial charge in [-0.15, -0.1) is 0 Å². The molecule has 0 radical (unpaired) electrons. The van der Waals surface area contributed by atoms with Crippen molar-refractivity contribution in [2.24, 2.45) is 11.0 Å². The average Bonchev–Trinajstić information content (AvgIpc) is 2.89. The lowest BCUT2D eigenvalue weighted by atomic mass is 9.94. The molecule has 9 heteroatoms. The van der Waals surface area contributed by atoms with Gasteiger partial charge < -0.3 is 24.4 Å². The van der Waals surface area contributed by atoms with Crippen LogP contribution in [0.15, 0.2) is 47.6 Å². The smallest absolute Gasteiger partial charge is 0.306 e. The largest absolute Gasteiger partial charge is 0.493 e. The molecule has 2 aliphatic rings. The van der Waals surface area contributed by atoms with Crippen LogP contribution in [0.4, 0.5) is 5.69 Å². The number of rotatable bonds is 9. The second-order valence-electron chi connectivity index (χ2n) is 9.20. The summed E-state index contributed by atoms with van der Waals surface area (Å²) in [7, 11) is 3.68. The fourth-order valence-corrected chi connectivity index (χ4v) is 4.16. The molecule has 2 aromatic carbocycles. The summed E-state index contributed by atoms with van der Waals surface area (Å²) in [6, 6.07) is 13.0. The SMILES string of the molecule is COCCOC(=O)CC1COc2cc(NC(=O)c3ccc(C=NN4CCN(C)CC4)cc3)ccc2C1. The van der Waals surface area contributed by atoms with E-state index in [0.717, 1.165) is 49.5 Å². The summed E-state index contributed by atoms with van der Waals surface area (Å²) in [5, 5.41) is 9.55. The van der Waals surface area contributed by atoms with Gasteiger partial charge in [0.25, 0.3) is 5.91 Å². The topological polar surface area (TPSA) is 92.7 Å². The van der Waals surface area contributed by atoms with Crippen molar-refractivity contribution in [1.29, 1.82) is 0 Å². The molecule has 1 amide bonds. The quantitative estimate of drug-likeness (QED) is 0.326. The molecule has 2 aromatic rings. The summed E-state index contributed by atoms with van der Waals surface area (Å²) in [5.41, 5.74) is 3.19. The lowest BCUT2D eigenvalue weighted by Crippen LogP contribution is -2.41. The molecule has 192 valence electrons. The summed E-state index contributed by atoms with van der Waals surface area (Å²) >= 11 is 0. The van der Waals surface area contributed by atoms with Gasteiger partial charge >= 0.3 is 5.97 Å². The van der Waals surface area contributed by atoms with Crippen LogP contribution in [0, 0.1) is 5.92 Å². The Hall–Kier alpha value is -3.43. The van der Waals surface area contributed by atoms with Crippen LogP contribution in [0.25, 0.3) is 0 Å². The number of carbonyl (C=O) groups excluding carboxylic acids is 2. The number of hydrazone groups is 1. The molecule has 0 saturated carbocycles. The van der Waals surface area contributed by atoms with E-state index < -0.39 is 0 Å². The Morgan fingerprint density at radius 1 is 1.11 bits per heavy atom. The number of ether oxygens (including phenoxy) is 3. The van der Waals surface area contributed by atoms with Crippen molar-refractivity contribution in [3.05, 3.63) is 59.2 Å². The van der Waals surface area contributed by atoms with Crippen molar-refractivity contribution in [1.82, 2.24) is 9.91 Å². The van der Waals surface area contributed by atoms with E-state index in [9.17, 15) is 9.59 Å². The molecule has 4 rings (SSSR count). The van der Waals surface area contributed by atoms with E-state index >= 15 is 0 Å².